The molecule has 0 nitrogen and oxygen atoms in total. The fourth-order valence-electron chi connectivity index (χ4n) is 1.64. The van der Waals surface area contributed by atoms with Gasteiger partial charge in [0.1, 0.15) is 0 Å². The Morgan fingerprint density at radius 3 is 2.18 bits per heavy atom. The zero-order chi connectivity index (χ0) is 12.9. The Morgan fingerprint density at radius 2 is 1.71 bits per heavy atom. The summed E-state index contributed by atoms with van der Waals surface area (Å²) in [5.41, 5.74) is 0.303. The number of hydrogen-bond donors (Lipinski definition) is 0. The fourth-order valence-corrected chi connectivity index (χ4v) is 1.97. The van der Waals surface area contributed by atoms with Crippen LogP contribution >= 0.6 is 11.6 Å². The molecule has 0 heterocycles. The molecule has 1 aromatic rings. The van der Waals surface area contributed by atoms with Crippen LogP contribution in [0.4, 0.5) is 13.2 Å². The summed E-state index contributed by atoms with van der Waals surface area (Å²) in [5.74, 6) is 0. The lowest BCUT2D eigenvalue weighted by Gasteiger charge is -2.09. The highest BCUT2D eigenvalue weighted by molar-refractivity contribution is 6.20. The lowest BCUT2D eigenvalue weighted by atomic mass is 10.0. The average Bonchev–Trinajstić information content (AvgIpc) is 2.26. The summed E-state index contributed by atoms with van der Waals surface area (Å²) in [6, 6.07) is 5.30. The number of benzene rings is 1. The summed E-state index contributed by atoms with van der Waals surface area (Å²) in [6.07, 6.45) is -0.744. The summed E-state index contributed by atoms with van der Waals surface area (Å²) in [4.78, 5) is 0. The molecule has 4 heteroatoms. The van der Waals surface area contributed by atoms with E-state index in [9.17, 15) is 13.2 Å². The molecular formula is C13H16ClF3. The quantitative estimate of drug-likeness (QED) is 0.653. The van der Waals surface area contributed by atoms with E-state index >= 15 is 0 Å². The Bertz CT molecular complexity index is 330. The monoisotopic (exact) mass is 264 g/mol. The van der Waals surface area contributed by atoms with Crippen molar-refractivity contribution in [2.75, 3.05) is 0 Å². The largest absolute Gasteiger partial charge is 0.416 e. The molecule has 0 aliphatic carbocycles. The van der Waals surface area contributed by atoms with Crippen LogP contribution in [-0.2, 0) is 12.6 Å². The molecule has 0 aliphatic rings. The van der Waals surface area contributed by atoms with Gasteiger partial charge < -0.3 is 0 Å². The first-order valence-electron chi connectivity index (χ1n) is 5.73. The third kappa shape index (κ3) is 4.99. The van der Waals surface area contributed by atoms with Crippen molar-refractivity contribution in [2.24, 2.45) is 0 Å². The van der Waals surface area contributed by atoms with Gasteiger partial charge in [-0.25, -0.2) is 0 Å². The van der Waals surface area contributed by atoms with Crippen LogP contribution < -0.4 is 0 Å². The topological polar surface area (TPSA) is 0 Å². The number of halogens is 4. The zero-order valence-electron chi connectivity index (χ0n) is 9.73. The Morgan fingerprint density at radius 1 is 1.12 bits per heavy atom. The van der Waals surface area contributed by atoms with Gasteiger partial charge >= 0.3 is 6.18 Å². The van der Waals surface area contributed by atoms with Crippen molar-refractivity contribution in [1.82, 2.24) is 0 Å². The number of hydrogen-bond acceptors (Lipinski definition) is 0. The summed E-state index contributed by atoms with van der Waals surface area (Å²) in [6.45, 7) is 2.06. The molecule has 0 spiro atoms. The first-order chi connectivity index (χ1) is 7.93. The highest BCUT2D eigenvalue weighted by Gasteiger charge is 2.29. The number of alkyl halides is 4. The second-order valence-corrected chi connectivity index (χ2v) is 4.74. The van der Waals surface area contributed by atoms with Crippen LogP contribution in [0.25, 0.3) is 0 Å². The van der Waals surface area contributed by atoms with Crippen molar-refractivity contribution >= 4 is 11.6 Å². The Labute approximate surface area is 105 Å². The van der Waals surface area contributed by atoms with Crippen molar-refractivity contribution in [3.8, 4) is 0 Å². The zero-order valence-corrected chi connectivity index (χ0v) is 10.5. The molecule has 1 atom stereocenters. The number of aryl methyl sites for hydroxylation is 1. The SMILES string of the molecule is CCCC(Cl)CCc1ccc(C(F)(F)F)cc1. The minimum absolute atomic E-state index is 0.113. The molecule has 0 saturated carbocycles. The molecule has 0 fully saturated rings. The van der Waals surface area contributed by atoms with Crippen molar-refractivity contribution in [3.05, 3.63) is 35.4 Å². The van der Waals surface area contributed by atoms with Crippen molar-refractivity contribution < 1.29 is 13.2 Å². The third-order valence-electron chi connectivity index (χ3n) is 2.63. The maximum Gasteiger partial charge on any atom is 0.416 e. The summed E-state index contributed by atoms with van der Waals surface area (Å²) in [7, 11) is 0. The van der Waals surface area contributed by atoms with Gasteiger partial charge in [-0.1, -0.05) is 25.5 Å². The van der Waals surface area contributed by atoms with Crippen LogP contribution in [0.2, 0.25) is 0 Å². The van der Waals surface area contributed by atoms with Crippen LogP contribution in [0, 0.1) is 0 Å². The first kappa shape index (κ1) is 14.4. The minimum Gasteiger partial charge on any atom is -0.166 e. The van der Waals surface area contributed by atoms with E-state index in [4.69, 9.17) is 11.6 Å². The van der Waals surface area contributed by atoms with Gasteiger partial charge in [-0.3, -0.25) is 0 Å². The van der Waals surface area contributed by atoms with Crippen LogP contribution in [0.15, 0.2) is 24.3 Å². The Balaban J connectivity index is 2.51. The molecule has 1 rings (SSSR count). The standard InChI is InChI=1S/C13H16ClF3/c1-2-3-12(14)9-6-10-4-7-11(8-5-10)13(15,16)17/h4-5,7-8,12H,2-3,6,9H2,1H3. The number of rotatable bonds is 5. The van der Waals surface area contributed by atoms with Gasteiger partial charge in [0.05, 0.1) is 5.56 Å². The highest BCUT2D eigenvalue weighted by Crippen LogP contribution is 2.29. The molecular weight excluding hydrogens is 249 g/mol. The molecule has 1 unspecified atom stereocenters. The summed E-state index contributed by atoms with van der Waals surface area (Å²) < 4.78 is 36.9. The molecule has 0 amide bonds. The van der Waals surface area contributed by atoms with Gasteiger partial charge in [0.25, 0.3) is 0 Å². The molecule has 0 N–H and O–H groups in total. The lowest BCUT2D eigenvalue weighted by Crippen LogP contribution is -2.05. The van der Waals surface area contributed by atoms with Crippen molar-refractivity contribution in [2.45, 2.75) is 44.2 Å². The maximum absolute atomic E-state index is 12.3. The van der Waals surface area contributed by atoms with Crippen LogP contribution in [0.5, 0.6) is 0 Å². The summed E-state index contributed by atoms with van der Waals surface area (Å²) in [5, 5.41) is 0.113. The molecule has 0 aliphatic heterocycles. The van der Waals surface area contributed by atoms with Gasteiger partial charge in [-0.2, -0.15) is 13.2 Å². The third-order valence-corrected chi connectivity index (χ3v) is 3.07. The van der Waals surface area contributed by atoms with Gasteiger partial charge in [0.15, 0.2) is 0 Å². The molecule has 0 bridgehead atoms. The van der Waals surface area contributed by atoms with E-state index in [0.717, 1.165) is 43.4 Å². The molecule has 96 valence electrons. The van der Waals surface area contributed by atoms with E-state index in [1.54, 1.807) is 0 Å². The second-order valence-electron chi connectivity index (χ2n) is 4.12. The molecule has 0 aromatic heterocycles. The first-order valence-corrected chi connectivity index (χ1v) is 6.17. The van der Waals surface area contributed by atoms with Crippen LogP contribution in [0.1, 0.15) is 37.3 Å². The Hall–Kier alpha value is -0.700. The normalized spacial score (nSPS) is 13.7. The highest BCUT2D eigenvalue weighted by atomic mass is 35.5. The Kier molecular flexibility index (Phi) is 5.31. The van der Waals surface area contributed by atoms with Crippen LogP contribution in [0.3, 0.4) is 0 Å². The average molecular weight is 265 g/mol. The van der Waals surface area contributed by atoms with E-state index < -0.39 is 11.7 Å². The molecule has 0 radical (unpaired) electrons. The smallest absolute Gasteiger partial charge is 0.166 e. The van der Waals surface area contributed by atoms with Crippen LogP contribution in [-0.4, -0.2) is 5.38 Å². The van der Waals surface area contributed by atoms with Gasteiger partial charge in [0, 0.05) is 5.38 Å². The van der Waals surface area contributed by atoms with E-state index in [2.05, 4.69) is 6.92 Å². The van der Waals surface area contributed by atoms with Gasteiger partial charge in [-0.15, -0.1) is 11.6 Å². The summed E-state index contributed by atoms with van der Waals surface area (Å²) >= 11 is 6.05. The van der Waals surface area contributed by atoms with Crippen molar-refractivity contribution in [3.63, 3.8) is 0 Å². The van der Waals surface area contributed by atoms with Gasteiger partial charge in [-0.05, 0) is 37.0 Å². The van der Waals surface area contributed by atoms with E-state index in [1.165, 1.54) is 12.1 Å². The van der Waals surface area contributed by atoms with E-state index in [1.807, 2.05) is 0 Å². The lowest BCUT2D eigenvalue weighted by molar-refractivity contribution is -0.137. The fraction of sp³-hybridized carbons (Fsp3) is 0.538. The maximum atomic E-state index is 12.3. The molecule has 1 aromatic carbocycles. The molecule has 17 heavy (non-hydrogen) atoms. The van der Waals surface area contributed by atoms with Crippen molar-refractivity contribution in [1.29, 1.82) is 0 Å². The predicted molar refractivity (Wildman–Crippen MR) is 64.3 cm³/mol. The predicted octanol–water partition coefficient (Wildman–Crippen LogP) is 5.05. The van der Waals surface area contributed by atoms with Gasteiger partial charge in [0.2, 0.25) is 0 Å². The van der Waals surface area contributed by atoms with E-state index in [-0.39, 0.29) is 5.38 Å². The van der Waals surface area contributed by atoms with E-state index in [0.29, 0.717) is 0 Å². The molecule has 0 saturated heterocycles. The minimum atomic E-state index is -4.25. The second kappa shape index (κ2) is 6.29.